The van der Waals surface area contributed by atoms with Crippen molar-refractivity contribution in [3.63, 3.8) is 0 Å². The first-order chi connectivity index (χ1) is 9.55. The third kappa shape index (κ3) is 3.10. The lowest BCUT2D eigenvalue weighted by atomic mass is 10.4. The van der Waals surface area contributed by atoms with Crippen molar-refractivity contribution in [2.75, 3.05) is 6.61 Å². The molecule has 20 heavy (non-hydrogen) atoms. The minimum atomic E-state index is -3.62. The van der Waals surface area contributed by atoms with Crippen LogP contribution in [0.25, 0.3) is 0 Å². The van der Waals surface area contributed by atoms with E-state index in [9.17, 15) is 8.42 Å². The molecule has 0 atom stereocenters. The fourth-order valence-corrected chi connectivity index (χ4v) is 3.18. The number of hydrogen-bond donors (Lipinski definition) is 1. The van der Waals surface area contributed by atoms with Gasteiger partial charge in [0.2, 0.25) is 20.9 Å². The molecule has 0 aliphatic carbocycles. The van der Waals surface area contributed by atoms with Crippen LogP contribution in [0.3, 0.4) is 0 Å². The van der Waals surface area contributed by atoms with Gasteiger partial charge in [0.25, 0.3) is 0 Å². The molecule has 2 radical (unpaired) electrons. The lowest BCUT2D eigenvalue weighted by Crippen LogP contribution is -2.04. The molecular weight excluding hydrogens is 292 g/mol. The normalized spacial score (nSPS) is 11.5. The summed E-state index contributed by atoms with van der Waals surface area (Å²) in [6.45, 7) is 4.39. The number of aromatic amines is 1. The second-order valence-electron chi connectivity index (χ2n) is 4.24. The van der Waals surface area contributed by atoms with E-state index in [1.54, 1.807) is 37.3 Å². The van der Waals surface area contributed by atoms with E-state index in [1.165, 1.54) is 0 Å². The molecule has 0 bridgehead atoms. The summed E-state index contributed by atoms with van der Waals surface area (Å²) in [5.74, 6) is 0.359. The highest BCUT2D eigenvalue weighted by molar-refractivity contribution is 7.91. The quantitative estimate of drug-likeness (QED) is 0.655. The summed E-state index contributed by atoms with van der Waals surface area (Å²) in [5, 5.41) is -0.0739. The van der Waals surface area contributed by atoms with E-state index in [2.05, 4.69) is 16.5 Å². The van der Waals surface area contributed by atoms with Crippen molar-refractivity contribution in [3.8, 4) is 5.88 Å². The van der Waals surface area contributed by atoms with Gasteiger partial charge in [0.05, 0.1) is 17.2 Å². The SMILES string of the molecule is C[Si]CCOc1nc(S(=O)(=O)c2ccccc2)[nH]c1C. The number of H-pyrrole nitrogens is 1. The van der Waals surface area contributed by atoms with E-state index in [1.807, 2.05) is 0 Å². The number of rotatable bonds is 6. The van der Waals surface area contributed by atoms with Crippen LogP contribution >= 0.6 is 0 Å². The standard InChI is InChI=1S/C13H16N2O3SSi/c1-10-12(18-8-9-20-2)15-13(14-10)19(16,17)11-6-4-3-5-7-11/h3-7H,8-9H2,1-2H3,(H,14,15). The van der Waals surface area contributed by atoms with E-state index < -0.39 is 9.84 Å². The molecule has 1 aromatic heterocycles. The zero-order chi connectivity index (χ0) is 14.6. The Morgan fingerprint density at radius 1 is 1.30 bits per heavy atom. The third-order valence-electron chi connectivity index (χ3n) is 2.72. The molecule has 0 unspecified atom stereocenters. The van der Waals surface area contributed by atoms with Crippen molar-refractivity contribution in [1.82, 2.24) is 9.97 Å². The maximum absolute atomic E-state index is 12.4. The van der Waals surface area contributed by atoms with Gasteiger partial charge in [-0.3, -0.25) is 0 Å². The predicted molar refractivity (Wildman–Crippen MR) is 77.1 cm³/mol. The Labute approximate surface area is 121 Å². The number of aromatic nitrogens is 2. The van der Waals surface area contributed by atoms with Crippen LogP contribution in [0.15, 0.2) is 40.4 Å². The lowest BCUT2D eigenvalue weighted by Gasteiger charge is -2.01. The molecule has 7 heteroatoms. The number of nitrogens with one attached hydrogen (secondary N) is 1. The molecule has 1 N–H and O–H groups in total. The van der Waals surface area contributed by atoms with Gasteiger partial charge in [-0.2, -0.15) is 4.98 Å². The van der Waals surface area contributed by atoms with Gasteiger partial charge in [0.15, 0.2) is 0 Å². The summed E-state index contributed by atoms with van der Waals surface area (Å²) >= 11 is 0. The van der Waals surface area contributed by atoms with E-state index in [4.69, 9.17) is 4.74 Å². The molecule has 0 aliphatic rings. The maximum atomic E-state index is 12.4. The Kier molecular flexibility index (Phi) is 4.61. The number of ether oxygens (including phenoxy) is 1. The first kappa shape index (κ1) is 14.8. The summed E-state index contributed by atoms with van der Waals surface area (Å²) in [6.07, 6.45) is 0. The second kappa shape index (κ2) is 6.23. The molecule has 2 rings (SSSR count). The van der Waals surface area contributed by atoms with Crippen LogP contribution < -0.4 is 4.74 Å². The van der Waals surface area contributed by atoms with Gasteiger partial charge in [-0.25, -0.2) is 8.42 Å². The van der Waals surface area contributed by atoms with Crippen molar-refractivity contribution >= 4 is 19.4 Å². The average molecular weight is 308 g/mol. The molecule has 106 valence electrons. The molecule has 1 heterocycles. The number of nitrogens with zero attached hydrogens (tertiary/aromatic N) is 1. The first-order valence-electron chi connectivity index (χ1n) is 6.20. The smallest absolute Gasteiger partial charge is 0.240 e. The van der Waals surface area contributed by atoms with Crippen LogP contribution in [-0.4, -0.2) is 34.5 Å². The maximum Gasteiger partial charge on any atom is 0.240 e. The monoisotopic (exact) mass is 308 g/mol. The van der Waals surface area contributed by atoms with Crippen molar-refractivity contribution in [2.24, 2.45) is 0 Å². The number of aryl methyl sites for hydroxylation is 1. The van der Waals surface area contributed by atoms with Crippen LogP contribution in [0.2, 0.25) is 12.6 Å². The number of sulfone groups is 1. The minimum Gasteiger partial charge on any atom is -0.477 e. The van der Waals surface area contributed by atoms with Gasteiger partial charge in [0, 0.05) is 9.52 Å². The summed E-state index contributed by atoms with van der Waals surface area (Å²) in [4.78, 5) is 7.07. The van der Waals surface area contributed by atoms with Gasteiger partial charge in [-0.1, -0.05) is 24.7 Å². The molecule has 0 amide bonds. The van der Waals surface area contributed by atoms with Gasteiger partial charge >= 0.3 is 0 Å². The molecule has 0 spiro atoms. The third-order valence-corrected chi connectivity index (χ3v) is 5.02. The lowest BCUT2D eigenvalue weighted by molar-refractivity contribution is 0.324. The highest BCUT2D eigenvalue weighted by atomic mass is 32.2. The predicted octanol–water partition coefficient (Wildman–Crippen LogP) is 2.10. The van der Waals surface area contributed by atoms with E-state index in [-0.39, 0.29) is 10.1 Å². The first-order valence-corrected chi connectivity index (χ1v) is 9.39. The summed E-state index contributed by atoms with van der Waals surface area (Å²) in [5.41, 5.74) is 0.624. The van der Waals surface area contributed by atoms with Crippen molar-refractivity contribution in [2.45, 2.75) is 29.6 Å². The number of hydrogen-bond acceptors (Lipinski definition) is 4. The molecule has 0 aliphatic heterocycles. The van der Waals surface area contributed by atoms with Crippen LogP contribution in [0.1, 0.15) is 5.69 Å². The Morgan fingerprint density at radius 2 is 2.00 bits per heavy atom. The van der Waals surface area contributed by atoms with Gasteiger partial charge < -0.3 is 9.72 Å². The summed E-state index contributed by atoms with van der Waals surface area (Å²) in [7, 11) is -2.82. The molecule has 0 saturated heterocycles. The van der Waals surface area contributed by atoms with E-state index in [0.717, 1.165) is 15.6 Å². The molecule has 0 saturated carbocycles. The Balaban J connectivity index is 2.27. The molecule has 1 aromatic carbocycles. The minimum absolute atomic E-state index is 0.0739. The average Bonchev–Trinajstić information content (AvgIpc) is 2.82. The number of imidazole rings is 1. The van der Waals surface area contributed by atoms with Crippen molar-refractivity contribution < 1.29 is 13.2 Å². The zero-order valence-electron chi connectivity index (χ0n) is 11.4. The van der Waals surface area contributed by atoms with Gasteiger partial charge in [-0.05, 0) is 25.1 Å². The zero-order valence-corrected chi connectivity index (χ0v) is 13.2. The molecule has 5 nitrogen and oxygen atoms in total. The fourth-order valence-electron chi connectivity index (χ4n) is 1.65. The van der Waals surface area contributed by atoms with E-state index >= 15 is 0 Å². The van der Waals surface area contributed by atoms with Crippen LogP contribution in [0.4, 0.5) is 0 Å². The van der Waals surface area contributed by atoms with E-state index in [0.29, 0.717) is 18.2 Å². The Hall–Kier alpha value is -1.60. The largest absolute Gasteiger partial charge is 0.477 e. The Bertz CT molecular complexity index is 668. The van der Waals surface area contributed by atoms with Gasteiger partial charge in [0.1, 0.15) is 0 Å². The van der Waals surface area contributed by atoms with Crippen molar-refractivity contribution in [3.05, 3.63) is 36.0 Å². The Morgan fingerprint density at radius 3 is 2.65 bits per heavy atom. The van der Waals surface area contributed by atoms with Crippen LogP contribution in [0, 0.1) is 6.92 Å². The van der Waals surface area contributed by atoms with Crippen LogP contribution in [-0.2, 0) is 9.84 Å². The summed E-state index contributed by atoms with van der Waals surface area (Å²) < 4.78 is 30.3. The topological polar surface area (TPSA) is 72.0 Å². The van der Waals surface area contributed by atoms with Gasteiger partial charge in [-0.15, -0.1) is 0 Å². The highest BCUT2D eigenvalue weighted by Gasteiger charge is 2.23. The number of benzene rings is 1. The van der Waals surface area contributed by atoms with Crippen molar-refractivity contribution in [1.29, 1.82) is 0 Å². The van der Waals surface area contributed by atoms with Crippen LogP contribution in [0.5, 0.6) is 5.88 Å². The summed E-state index contributed by atoms with van der Waals surface area (Å²) in [6, 6.07) is 9.17. The second-order valence-corrected chi connectivity index (χ2v) is 7.31. The molecular formula is C13H16N2O3SSi. The molecule has 2 aromatic rings. The fraction of sp³-hybridized carbons (Fsp3) is 0.308. The molecule has 0 fully saturated rings. The highest BCUT2D eigenvalue weighted by Crippen LogP contribution is 2.22.